The van der Waals surface area contributed by atoms with Gasteiger partial charge >= 0.3 is 0 Å². The summed E-state index contributed by atoms with van der Waals surface area (Å²) >= 11 is 0. The first-order valence-corrected chi connectivity index (χ1v) is 5.38. The highest BCUT2D eigenvalue weighted by Gasteiger charge is 2.21. The Hall–Kier alpha value is -1.91. The van der Waals surface area contributed by atoms with Gasteiger partial charge in [0.05, 0.1) is 17.3 Å². The van der Waals surface area contributed by atoms with Crippen LogP contribution in [0.3, 0.4) is 0 Å². The van der Waals surface area contributed by atoms with Crippen LogP contribution in [-0.4, -0.2) is 14.5 Å². The second-order valence-electron chi connectivity index (χ2n) is 4.18. The number of rotatable bonds is 1. The molecule has 0 aromatic carbocycles. The van der Waals surface area contributed by atoms with Gasteiger partial charge in [-0.1, -0.05) is 0 Å². The molecule has 82 valence electrons. The van der Waals surface area contributed by atoms with Crippen molar-refractivity contribution in [3.8, 4) is 0 Å². The van der Waals surface area contributed by atoms with Crippen molar-refractivity contribution >= 4 is 16.7 Å². The van der Waals surface area contributed by atoms with E-state index in [-0.39, 0.29) is 5.56 Å². The van der Waals surface area contributed by atoms with Crippen molar-refractivity contribution in [2.45, 2.75) is 25.3 Å². The molecule has 0 unspecified atom stereocenters. The van der Waals surface area contributed by atoms with Gasteiger partial charge in [-0.15, -0.1) is 0 Å². The Morgan fingerprint density at radius 1 is 1.38 bits per heavy atom. The predicted octanol–water partition coefficient (Wildman–Crippen LogP) is 1.10. The lowest BCUT2D eigenvalue weighted by Gasteiger charge is -2.28. The molecule has 1 saturated carbocycles. The summed E-state index contributed by atoms with van der Waals surface area (Å²) in [5.41, 5.74) is 6.56. The van der Waals surface area contributed by atoms with E-state index in [1.165, 1.54) is 6.42 Å². The van der Waals surface area contributed by atoms with Gasteiger partial charge in [0.25, 0.3) is 5.56 Å². The molecule has 0 amide bonds. The molecule has 0 radical (unpaired) electrons. The van der Waals surface area contributed by atoms with Crippen LogP contribution in [0.15, 0.2) is 23.4 Å². The molecule has 5 heteroatoms. The molecule has 2 aromatic rings. The molecule has 3 rings (SSSR count). The minimum atomic E-state index is -0.259. The van der Waals surface area contributed by atoms with Crippen LogP contribution in [0.25, 0.3) is 11.0 Å². The average Bonchev–Trinajstić information content (AvgIpc) is 2.20. The summed E-state index contributed by atoms with van der Waals surface area (Å²) in [6.45, 7) is 0. The van der Waals surface area contributed by atoms with Crippen LogP contribution >= 0.6 is 0 Å². The summed E-state index contributed by atoms with van der Waals surface area (Å²) in [4.78, 5) is 19.7. The fourth-order valence-electron chi connectivity index (χ4n) is 2.01. The van der Waals surface area contributed by atoms with Crippen molar-refractivity contribution in [3.05, 3.63) is 28.9 Å². The predicted molar refractivity (Wildman–Crippen MR) is 61.1 cm³/mol. The highest BCUT2D eigenvalue weighted by atomic mass is 16.1. The quantitative estimate of drug-likeness (QED) is 0.774. The molecule has 1 aliphatic rings. The summed E-state index contributed by atoms with van der Waals surface area (Å²) in [5.74, 6) is 0. The number of pyridine rings is 1. The van der Waals surface area contributed by atoms with Crippen molar-refractivity contribution in [1.82, 2.24) is 14.5 Å². The topological polar surface area (TPSA) is 73.8 Å². The fraction of sp³-hybridized carbons (Fsp3) is 0.364. The van der Waals surface area contributed by atoms with Crippen molar-refractivity contribution in [3.63, 3.8) is 0 Å². The normalized spacial score (nSPS) is 16.2. The molecular formula is C11H12N4O. The van der Waals surface area contributed by atoms with Crippen LogP contribution in [-0.2, 0) is 0 Å². The van der Waals surface area contributed by atoms with Gasteiger partial charge in [-0.3, -0.25) is 4.79 Å². The van der Waals surface area contributed by atoms with Crippen LogP contribution in [0, 0.1) is 0 Å². The fourth-order valence-corrected chi connectivity index (χ4v) is 2.01. The van der Waals surface area contributed by atoms with Gasteiger partial charge in [-0.25, -0.2) is 4.98 Å². The smallest absolute Gasteiger partial charge is 0.282 e. The second kappa shape index (κ2) is 3.30. The summed E-state index contributed by atoms with van der Waals surface area (Å²) in [5, 5.41) is 0.509. The van der Waals surface area contributed by atoms with Gasteiger partial charge in [-0.05, 0) is 25.3 Å². The SMILES string of the molecule is Nc1cnc2c(c1)c(=O)ncn2C1CCC1. The lowest BCUT2D eigenvalue weighted by atomic mass is 9.93. The molecule has 1 fully saturated rings. The lowest BCUT2D eigenvalue weighted by molar-refractivity contribution is 0.316. The molecule has 16 heavy (non-hydrogen) atoms. The van der Waals surface area contributed by atoms with E-state index in [4.69, 9.17) is 5.73 Å². The third-order valence-electron chi connectivity index (χ3n) is 3.13. The molecule has 0 bridgehead atoms. The first-order valence-electron chi connectivity index (χ1n) is 5.38. The van der Waals surface area contributed by atoms with E-state index in [9.17, 15) is 4.79 Å². The Kier molecular flexibility index (Phi) is 1.92. The van der Waals surface area contributed by atoms with E-state index in [2.05, 4.69) is 9.97 Å². The zero-order valence-corrected chi connectivity index (χ0v) is 8.76. The van der Waals surface area contributed by atoms with Gasteiger partial charge in [0.15, 0.2) is 0 Å². The number of fused-ring (bicyclic) bond motifs is 1. The Bertz CT molecular complexity index is 600. The van der Waals surface area contributed by atoms with Gasteiger partial charge in [0.2, 0.25) is 0 Å². The number of nitrogens with two attached hydrogens (primary N) is 1. The van der Waals surface area contributed by atoms with Crippen LogP contribution in [0.1, 0.15) is 25.3 Å². The zero-order chi connectivity index (χ0) is 11.1. The van der Waals surface area contributed by atoms with E-state index >= 15 is 0 Å². The molecule has 0 aliphatic heterocycles. The summed E-state index contributed by atoms with van der Waals surface area (Å²) < 4.78 is 1.99. The Labute approximate surface area is 91.9 Å². The zero-order valence-electron chi connectivity index (χ0n) is 8.76. The number of anilines is 1. The molecule has 0 spiro atoms. The number of hydrogen-bond acceptors (Lipinski definition) is 4. The third-order valence-corrected chi connectivity index (χ3v) is 3.13. The van der Waals surface area contributed by atoms with Gasteiger partial charge in [0.1, 0.15) is 12.0 Å². The first kappa shape index (κ1) is 9.33. The molecular weight excluding hydrogens is 204 g/mol. The van der Waals surface area contributed by atoms with E-state index < -0.39 is 0 Å². The Morgan fingerprint density at radius 3 is 2.88 bits per heavy atom. The van der Waals surface area contributed by atoms with E-state index in [1.807, 2.05) is 4.57 Å². The average molecular weight is 216 g/mol. The van der Waals surface area contributed by atoms with Crippen molar-refractivity contribution in [2.24, 2.45) is 0 Å². The van der Waals surface area contributed by atoms with Gasteiger partial charge in [-0.2, -0.15) is 4.98 Å². The number of nitrogen functional groups attached to an aromatic ring is 1. The summed E-state index contributed by atoms with van der Waals surface area (Å²) in [7, 11) is 0. The maximum absolute atomic E-state index is 11.6. The molecule has 0 saturated heterocycles. The maximum atomic E-state index is 11.6. The highest BCUT2D eigenvalue weighted by molar-refractivity contribution is 5.77. The van der Waals surface area contributed by atoms with Crippen molar-refractivity contribution in [2.75, 3.05) is 5.73 Å². The lowest BCUT2D eigenvalue weighted by Crippen LogP contribution is -2.22. The third kappa shape index (κ3) is 1.28. The molecule has 1 aliphatic carbocycles. The van der Waals surface area contributed by atoms with Crippen LogP contribution in [0.5, 0.6) is 0 Å². The minimum Gasteiger partial charge on any atom is -0.397 e. The molecule has 5 nitrogen and oxygen atoms in total. The second-order valence-corrected chi connectivity index (χ2v) is 4.18. The maximum Gasteiger partial charge on any atom is 0.282 e. The van der Waals surface area contributed by atoms with E-state index in [0.29, 0.717) is 22.8 Å². The molecule has 2 heterocycles. The molecule has 2 N–H and O–H groups in total. The Balaban J connectivity index is 2.30. The number of nitrogens with zero attached hydrogens (tertiary/aromatic N) is 3. The molecule has 0 atom stereocenters. The molecule has 2 aromatic heterocycles. The highest BCUT2D eigenvalue weighted by Crippen LogP contribution is 2.32. The summed E-state index contributed by atoms with van der Waals surface area (Å²) in [6, 6.07) is 2.08. The number of hydrogen-bond donors (Lipinski definition) is 1. The standard InChI is InChI=1S/C11H12N4O/c12-7-4-9-10(13-5-7)15(6-14-11(9)16)8-2-1-3-8/h4-6,8H,1-3,12H2. The van der Waals surface area contributed by atoms with E-state index in [1.54, 1.807) is 18.6 Å². The van der Waals surface area contributed by atoms with Gasteiger partial charge < -0.3 is 10.3 Å². The minimum absolute atomic E-state index is 0.259. The van der Waals surface area contributed by atoms with Crippen LogP contribution < -0.4 is 11.3 Å². The van der Waals surface area contributed by atoms with Gasteiger partial charge in [0, 0.05) is 6.04 Å². The summed E-state index contributed by atoms with van der Waals surface area (Å²) in [6.07, 6.45) is 6.67. The van der Waals surface area contributed by atoms with Crippen molar-refractivity contribution in [1.29, 1.82) is 0 Å². The monoisotopic (exact) mass is 216 g/mol. The van der Waals surface area contributed by atoms with Crippen LogP contribution in [0.4, 0.5) is 5.69 Å². The number of aromatic nitrogens is 3. The van der Waals surface area contributed by atoms with Crippen molar-refractivity contribution < 1.29 is 0 Å². The Morgan fingerprint density at radius 2 is 2.19 bits per heavy atom. The van der Waals surface area contributed by atoms with Crippen LogP contribution in [0.2, 0.25) is 0 Å². The van der Waals surface area contributed by atoms with E-state index in [0.717, 1.165) is 12.8 Å². The largest absolute Gasteiger partial charge is 0.397 e. The first-order chi connectivity index (χ1) is 7.75.